The Morgan fingerprint density at radius 1 is 0.567 bits per heavy atom. The van der Waals surface area contributed by atoms with Gasteiger partial charge in [-0.3, -0.25) is 0 Å². The Kier molecular flexibility index (Phi) is 10.5. The van der Waals surface area contributed by atoms with Gasteiger partial charge >= 0.3 is 0 Å². The normalized spacial score (nSPS) is 9.77. The van der Waals surface area contributed by atoms with Gasteiger partial charge in [0.25, 0.3) is 0 Å². The monoisotopic (exact) mass is 405 g/mol. The summed E-state index contributed by atoms with van der Waals surface area (Å²) in [6, 6.07) is 25.7. The minimum atomic E-state index is 0.158. The van der Waals surface area contributed by atoms with Gasteiger partial charge in [-0.05, 0) is 53.1 Å². The Morgan fingerprint density at radius 2 is 0.967 bits per heavy atom. The molecule has 3 rings (SSSR count). The summed E-state index contributed by atoms with van der Waals surface area (Å²) in [6.45, 7) is 8.00. The second kappa shape index (κ2) is 12.6. The quantitative estimate of drug-likeness (QED) is 0.382. The first kappa shape index (κ1) is 25.1. The third kappa shape index (κ3) is 6.55. The van der Waals surface area contributed by atoms with Crippen molar-refractivity contribution in [3.8, 4) is 0 Å². The number of nitrogens with two attached hydrogens (primary N) is 1. The van der Waals surface area contributed by atoms with Crippen LogP contribution in [0.3, 0.4) is 0 Å². The fourth-order valence-corrected chi connectivity index (χ4v) is 3.25. The van der Waals surface area contributed by atoms with Gasteiger partial charge in [0.1, 0.15) is 0 Å². The van der Waals surface area contributed by atoms with Crippen LogP contribution in [0.25, 0.3) is 0 Å². The van der Waals surface area contributed by atoms with Crippen LogP contribution >= 0.6 is 0 Å². The fourth-order valence-electron chi connectivity index (χ4n) is 3.25. The van der Waals surface area contributed by atoms with Crippen LogP contribution in [-0.4, -0.2) is 28.2 Å². The Balaban J connectivity index is 0.00000106. The van der Waals surface area contributed by atoms with Crippen molar-refractivity contribution in [3.05, 3.63) is 89.5 Å². The van der Waals surface area contributed by atoms with Gasteiger partial charge in [-0.15, -0.1) is 0 Å². The SMILES string of the molecule is CC.CC.CN(C)c1ccc(C(c2ccc(N(C)C)cc2)c2cccc(N)c2)cc1. The molecule has 3 aromatic rings. The predicted molar refractivity (Wildman–Crippen MR) is 136 cm³/mol. The first-order chi connectivity index (χ1) is 14.5. The zero-order valence-electron chi connectivity index (χ0n) is 20.0. The minimum absolute atomic E-state index is 0.158. The molecule has 3 nitrogen and oxygen atoms in total. The summed E-state index contributed by atoms with van der Waals surface area (Å²) < 4.78 is 0. The predicted octanol–water partition coefficient (Wildman–Crippen LogP) is 6.63. The molecule has 0 spiro atoms. The lowest BCUT2D eigenvalue weighted by atomic mass is 9.85. The lowest BCUT2D eigenvalue weighted by molar-refractivity contribution is 0.974. The van der Waals surface area contributed by atoms with Crippen molar-refractivity contribution in [2.45, 2.75) is 33.6 Å². The van der Waals surface area contributed by atoms with Crippen LogP contribution in [0.2, 0.25) is 0 Å². The molecule has 0 heterocycles. The average molecular weight is 406 g/mol. The van der Waals surface area contributed by atoms with E-state index in [0.29, 0.717) is 0 Å². The highest BCUT2D eigenvalue weighted by Crippen LogP contribution is 2.34. The van der Waals surface area contributed by atoms with E-state index in [-0.39, 0.29) is 5.92 Å². The van der Waals surface area contributed by atoms with E-state index in [1.165, 1.54) is 28.1 Å². The lowest BCUT2D eigenvalue weighted by Crippen LogP contribution is -2.10. The van der Waals surface area contributed by atoms with E-state index in [0.717, 1.165) is 5.69 Å². The van der Waals surface area contributed by atoms with Crippen molar-refractivity contribution in [3.63, 3.8) is 0 Å². The lowest BCUT2D eigenvalue weighted by Gasteiger charge is -2.22. The topological polar surface area (TPSA) is 32.5 Å². The number of nitrogen functional groups attached to an aromatic ring is 1. The number of hydrogen-bond acceptors (Lipinski definition) is 3. The zero-order chi connectivity index (χ0) is 22.7. The highest BCUT2D eigenvalue weighted by molar-refractivity contribution is 5.55. The number of anilines is 3. The molecule has 3 heteroatoms. The van der Waals surface area contributed by atoms with Crippen molar-refractivity contribution < 1.29 is 0 Å². The highest BCUT2D eigenvalue weighted by Gasteiger charge is 2.17. The van der Waals surface area contributed by atoms with E-state index in [9.17, 15) is 0 Å². The van der Waals surface area contributed by atoms with Gasteiger partial charge in [0.05, 0.1) is 0 Å². The third-order valence-electron chi connectivity index (χ3n) is 4.73. The average Bonchev–Trinajstić information content (AvgIpc) is 2.77. The Labute approximate surface area is 184 Å². The van der Waals surface area contributed by atoms with Gasteiger partial charge in [0.2, 0.25) is 0 Å². The van der Waals surface area contributed by atoms with E-state index in [1.54, 1.807) is 0 Å². The minimum Gasteiger partial charge on any atom is -0.399 e. The molecule has 0 unspecified atom stereocenters. The molecule has 0 bridgehead atoms. The smallest absolute Gasteiger partial charge is 0.0361 e. The second-order valence-corrected chi connectivity index (χ2v) is 7.08. The molecule has 0 atom stereocenters. The van der Waals surface area contributed by atoms with Gasteiger partial charge in [0.15, 0.2) is 0 Å². The first-order valence-electron chi connectivity index (χ1n) is 10.9. The van der Waals surface area contributed by atoms with Crippen molar-refractivity contribution in [2.24, 2.45) is 0 Å². The van der Waals surface area contributed by atoms with E-state index in [4.69, 9.17) is 5.73 Å². The summed E-state index contributed by atoms with van der Waals surface area (Å²) in [5.74, 6) is 0.158. The van der Waals surface area contributed by atoms with Gasteiger partial charge in [-0.2, -0.15) is 0 Å². The number of hydrogen-bond donors (Lipinski definition) is 1. The van der Waals surface area contributed by atoms with Gasteiger partial charge in [-0.25, -0.2) is 0 Å². The first-order valence-corrected chi connectivity index (χ1v) is 10.9. The maximum atomic E-state index is 6.07. The van der Waals surface area contributed by atoms with E-state index >= 15 is 0 Å². The molecule has 30 heavy (non-hydrogen) atoms. The Bertz CT molecular complexity index is 799. The summed E-state index contributed by atoms with van der Waals surface area (Å²) in [5, 5.41) is 0. The number of rotatable bonds is 5. The fraction of sp³-hybridized carbons (Fsp3) is 0.333. The molecule has 0 fully saturated rings. The van der Waals surface area contributed by atoms with Crippen LogP contribution in [0.5, 0.6) is 0 Å². The van der Waals surface area contributed by atoms with E-state index < -0.39 is 0 Å². The van der Waals surface area contributed by atoms with Gasteiger partial charge < -0.3 is 15.5 Å². The Hall–Kier alpha value is -2.94. The molecule has 0 aliphatic carbocycles. The van der Waals surface area contributed by atoms with E-state index in [2.05, 4.69) is 98.7 Å². The standard InChI is InChI=1S/C23H27N3.2C2H6/c1-25(2)21-12-8-17(9-13-21)23(19-6-5-7-20(24)16-19)18-10-14-22(15-11-18)26(3)4;2*1-2/h5-16,23H,24H2,1-4H3;2*1-2H3. The molecule has 0 amide bonds. The third-order valence-corrected chi connectivity index (χ3v) is 4.73. The maximum absolute atomic E-state index is 6.07. The van der Waals surface area contributed by atoms with Crippen molar-refractivity contribution in [2.75, 3.05) is 43.7 Å². The van der Waals surface area contributed by atoms with Gasteiger partial charge in [0, 0.05) is 51.2 Å². The van der Waals surface area contributed by atoms with Gasteiger partial charge in [-0.1, -0.05) is 64.1 Å². The maximum Gasteiger partial charge on any atom is 0.0361 e. The summed E-state index contributed by atoms with van der Waals surface area (Å²) in [4.78, 5) is 4.23. The molecule has 162 valence electrons. The molecule has 0 saturated heterocycles. The summed E-state index contributed by atoms with van der Waals surface area (Å²) in [5.41, 5.74) is 13.0. The molecular weight excluding hydrogens is 366 g/mol. The highest BCUT2D eigenvalue weighted by atomic mass is 15.1. The Morgan fingerprint density at radius 3 is 1.30 bits per heavy atom. The second-order valence-electron chi connectivity index (χ2n) is 7.08. The number of nitrogens with zero attached hydrogens (tertiary/aromatic N) is 2. The van der Waals surface area contributed by atoms with Crippen molar-refractivity contribution in [1.82, 2.24) is 0 Å². The zero-order valence-corrected chi connectivity index (χ0v) is 20.0. The van der Waals surface area contributed by atoms with Crippen LogP contribution in [0.15, 0.2) is 72.8 Å². The van der Waals surface area contributed by atoms with Crippen molar-refractivity contribution >= 4 is 17.1 Å². The summed E-state index contributed by atoms with van der Waals surface area (Å²) in [7, 11) is 8.24. The molecule has 3 aromatic carbocycles. The molecule has 0 saturated carbocycles. The molecular formula is C27H39N3. The summed E-state index contributed by atoms with van der Waals surface area (Å²) in [6.07, 6.45) is 0. The molecule has 0 aliphatic heterocycles. The molecule has 0 aliphatic rings. The van der Waals surface area contributed by atoms with Crippen LogP contribution in [-0.2, 0) is 0 Å². The van der Waals surface area contributed by atoms with Crippen molar-refractivity contribution in [1.29, 1.82) is 0 Å². The molecule has 2 N–H and O–H groups in total. The van der Waals surface area contributed by atoms with Crippen LogP contribution < -0.4 is 15.5 Å². The van der Waals surface area contributed by atoms with Crippen LogP contribution in [0.4, 0.5) is 17.1 Å². The summed E-state index contributed by atoms with van der Waals surface area (Å²) >= 11 is 0. The number of benzene rings is 3. The molecule has 0 aromatic heterocycles. The van der Waals surface area contributed by atoms with Crippen LogP contribution in [0, 0.1) is 0 Å². The molecule has 0 radical (unpaired) electrons. The largest absolute Gasteiger partial charge is 0.399 e. The van der Waals surface area contributed by atoms with Crippen LogP contribution in [0.1, 0.15) is 50.3 Å². The van der Waals surface area contributed by atoms with E-state index in [1.807, 2.05) is 39.8 Å².